The van der Waals surface area contributed by atoms with Crippen molar-refractivity contribution in [1.82, 2.24) is 5.32 Å². The van der Waals surface area contributed by atoms with Crippen LogP contribution in [0.25, 0.3) is 0 Å². The number of carbonyl (C=O) groups excluding carboxylic acids is 2. The maximum absolute atomic E-state index is 12.5. The number of rotatable bonds is 7. The lowest BCUT2D eigenvalue weighted by molar-refractivity contribution is -0.145. The van der Waals surface area contributed by atoms with Crippen LogP contribution >= 0.6 is 0 Å². The number of hydrogen-bond acceptors (Lipinski definition) is 4. The quantitative estimate of drug-likeness (QED) is 0.587. The van der Waals surface area contributed by atoms with Crippen LogP contribution in [-0.4, -0.2) is 24.3 Å². The molecule has 2 aromatic carbocycles. The van der Waals surface area contributed by atoms with Gasteiger partial charge in [0.15, 0.2) is 0 Å². The maximum Gasteiger partial charge on any atom is 0.341 e. The van der Waals surface area contributed by atoms with E-state index in [1.54, 1.807) is 6.92 Å². The van der Waals surface area contributed by atoms with Gasteiger partial charge >= 0.3 is 12.0 Å². The first-order valence-electron chi connectivity index (χ1n) is 8.98. The minimum atomic E-state index is -0.686. The number of carbonyl (C=O) groups is 2. The monoisotopic (exact) mass is 378 g/mol. The summed E-state index contributed by atoms with van der Waals surface area (Å²) in [7, 11) is 0. The van der Waals surface area contributed by atoms with E-state index in [2.05, 4.69) is 16.9 Å². The highest BCUT2D eigenvalue weighted by molar-refractivity contribution is 6.08. The predicted molar refractivity (Wildman–Crippen MR) is 106 cm³/mol. The van der Waals surface area contributed by atoms with Crippen molar-refractivity contribution in [1.29, 1.82) is 0 Å². The van der Waals surface area contributed by atoms with E-state index in [4.69, 9.17) is 9.47 Å². The Bertz CT molecular complexity index is 875. The average molecular weight is 378 g/mol. The topological polar surface area (TPSA) is 77.0 Å². The summed E-state index contributed by atoms with van der Waals surface area (Å²) < 4.78 is 11.0. The summed E-state index contributed by atoms with van der Waals surface area (Å²) in [5.74, 6) is -0.435. The Hall–Kier alpha value is -3.41. The third-order valence-electron chi connectivity index (χ3n) is 4.43. The van der Waals surface area contributed by atoms with Gasteiger partial charge in [-0.1, -0.05) is 55.1 Å². The first-order chi connectivity index (χ1) is 13.6. The number of esters is 1. The van der Waals surface area contributed by atoms with Crippen LogP contribution < -0.4 is 10.1 Å². The SMILES string of the molecule is C=CCOC(=O)C1C(C)=NC(=O)NC1c1ccc(OCc2ccccc2)cc1. The van der Waals surface area contributed by atoms with Gasteiger partial charge in [0.05, 0.1) is 6.04 Å². The zero-order valence-corrected chi connectivity index (χ0v) is 15.6. The van der Waals surface area contributed by atoms with E-state index in [-0.39, 0.29) is 6.61 Å². The fourth-order valence-corrected chi connectivity index (χ4v) is 3.05. The van der Waals surface area contributed by atoms with Crippen molar-refractivity contribution in [3.8, 4) is 5.75 Å². The summed E-state index contributed by atoms with van der Waals surface area (Å²) in [6, 6.07) is 16.1. The highest BCUT2D eigenvalue weighted by Gasteiger charge is 2.37. The second-order valence-corrected chi connectivity index (χ2v) is 6.42. The Balaban J connectivity index is 1.74. The summed E-state index contributed by atoms with van der Waals surface area (Å²) in [4.78, 5) is 28.2. The molecule has 2 amide bonds. The van der Waals surface area contributed by atoms with Crippen molar-refractivity contribution in [2.45, 2.75) is 19.6 Å². The van der Waals surface area contributed by atoms with Gasteiger partial charge < -0.3 is 14.8 Å². The molecule has 0 aliphatic carbocycles. The molecule has 0 fully saturated rings. The van der Waals surface area contributed by atoms with E-state index in [0.29, 0.717) is 18.1 Å². The minimum absolute atomic E-state index is 0.107. The first kappa shape index (κ1) is 19.4. The molecule has 2 aromatic rings. The van der Waals surface area contributed by atoms with Crippen molar-refractivity contribution in [2.24, 2.45) is 10.9 Å². The summed E-state index contributed by atoms with van der Waals surface area (Å²) in [6.07, 6.45) is 1.50. The number of amides is 2. The molecule has 0 saturated carbocycles. The third kappa shape index (κ3) is 4.65. The van der Waals surface area contributed by atoms with Gasteiger partial charge in [-0.2, -0.15) is 0 Å². The van der Waals surface area contributed by atoms with E-state index in [9.17, 15) is 9.59 Å². The van der Waals surface area contributed by atoms with Crippen LogP contribution in [0, 0.1) is 5.92 Å². The van der Waals surface area contributed by atoms with E-state index in [1.807, 2.05) is 54.6 Å². The fourth-order valence-electron chi connectivity index (χ4n) is 3.05. The molecular weight excluding hydrogens is 356 g/mol. The smallest absolute Gasteiger partial charge is 0.341 e. The molecular formula is C22H22N2O4. The number of hydrogen-bond donors (Lipinski definition) is 1. The lowest BCUT2D eigenvalue weighted by Crippen LogP contribution is -2.44. The summed E-state index contributed by atoms with van der Waals surface area (Å²) in [5, 5.41) is 2.75. The van der Waals surface area contributed by atoms with Crippen LogP contribution in [0.5, 0.6) is 5.75 Å². The molecule has 2 unspecified atom stereocenters. The first-order valence-corrected chi connectivity index (χ1v) is 8.98. The van der Waals surface area contributed by atoms with Crippen LogP contribution in [0.4, 0.5) is 4.79 Å². The molecule has 1 aliphatic rings. The molecule has 0 bridgehead atoms. The van der Waals surface area contributed by atoms with Crippen LogP contribution in [0.3, 0.4) is 0 Å². The predicted octanol–water partition coefficient (Wildman–Crippen LogP) is 3.84. The maximum atomic E-state index is 12.5. The second kappa shape index (κ2) is 8.99. The number of nitrogens with zero attached hydrogens (tertiary/aromatic N) is 1. The van der Waals surface area contributed by atoms with Gasteiger partial charge in [-0.25, -0.2) is 9.79 Å². The zero-order valence-electron chi connectivity index (χ0n) is 15.6. The molecule has 0 radical (unpaired) electrons. The lowest BCUT2D eigenvalue weighted by Gasteiger charge is -2.29. The van der Waals surface area contributed by atoms with Gasteiger partial charge in [0, 0.05) is 5.71 Å². The highest BCUT2D eigenvalue weighted by atomic mass is 16.5. The van der Waals surface area contributed by atoms with Gasteiger partial charge in [-0.15, -0.1) is 0 Å². The van der Waals surface area contributed by atoms with Gasteiger partial charge in [0.2, 0.25) is 0 Å². The molecule has 2 atom stereocenters. The van der Waals surface area contributed by atoms with Crippen LogP contribution in [0.1, 0.15) is 24.1 Å². The Kier molecular flexibility index (Phi) is 6.22. The minimum Gasteiger partial charge on any atom is -0.489 e. The van der Waals surface area contributed by atoms with E-state index >= 15 is 0 Å². The molecule has 0 saturated heterocycles. The number of nitrogens with one attached hydrogen (secondary N) is 1. The Morgan fingerprint density at radius 3 is 2.57 bits per heavy atom. The zero-order chi connectivity index (χ0) is 19.9. The van der Waals surface area contributed by atoms with Crippen molar-refractivity contribution in [2.75, 3.05) is 6.61 Å². The molecule has 28 heavy (non-hydrogen) atoms. The average Bonchev–Trinajstić information content (AvgIpc) is 2.71. The molecule has 0 aromatic heterocycles. The molecule has 6 heteroatoms. The standard InChI is InChI=1S/C22H22N2O4/c1-3-13-27-21(25)19-15(2)23-22(26)24-20(19)17-9-11-18(12-10-17)28-14-16-7-5-4-6-8-16/h3-12,19-20H,1,13-14H2,2H3,(H,24,26). The Labute approximate surface area is 163 Å². The van der Waals surface area contributed by atoms with Crippen molar-refractivity contribution >= 4 is 17.7 Å². The number of ether oxygens (including phenoxy) is 2. The van der Waals surface area contributed by atoms with Crippen LogP contribution in [0.2, 0.25) is 0 Å². The lowest BCUT2D eigenvalue weighted by atomic mass is 9.88. The van der Waals surface area contributed by atoms with E-state index < -0.39 is 24.0 Å². The van der Waals surface area contributed by atoms with Crippen molar-refractivity contribution < 1.29 is 19.1 Å². The largest absolute Gasteiger partial charge is 0.489 e. The number of aliphatic imine (C=N–C) groups is 1. The van der Waals surface area contributed by atoms with Crippen LogP contribution in [-0.2, 0) is 16.1 Å². The Morgan fingerprint density at radius 2 is 1.89 bits per heavy atom. The molecule has 1 heterocycles. The van der Waals surface area contributed by atoms with Gasteiger partial charge in [-0.05, 0) is 30.2 Å². The number of benzene rings is 2. The molecule has 0 spiro atoms. The fraction of sp³-hybridized carbons (Fsp3) is 0.227. The van der Waals surface area contributed by atoms with Crippen molar-refractivity contribution in [3.05, 3.63) is 78.4 Å². The Morgan fingerprint density at radius 1 is 1.18 bits per heavy atom. The molecule has 6 nitrogen and oxygen atoms in total. The summed E-state index contributed by atoms with van der Waals surface area (Å²) in [5.41, 5.74) is 2.27. The highest BCUT2D eigenvalue weighted by Crippen LogP contribution is 2.29. The molecule has 3 rings (SSSR count). The molecule has 1 aliphatic heterocycles. The summed E-state index contributed by atoms with van der Waals surface area (Å²) >= 11 is 0. The van der Waals surface area contributed by atoms with Crippen LogP contribution in [0.15, 0.2) is 72.2 Å². The van der Waals surface area contributed by atoms with E-state index in [0.717, 1.165) is 11.1 Å². The van der Waals surface area contributed by atoms with Gasteiger partial charge in [0.1, 0.15) is 24.9 Å². The molecule has 144 valence electrons. The molecule has 1 N–H and O–H groups in total. The number of urea groups is 1. The third-order valence-corrected chi connectivity index (χ3v) is 4.43. The van der Waals surface area contributed by atoms with Gasteiger partial charge in [-0.3, -0.25) is 4.79 Å². The van der Waals surface area contributed by atoms with E-state index in [1.165, 1.54) is 6.08 Å². The van der Waals surface area contributed by atoms with Crippen molar-refractivity contribution in [3.63, 3.8) is 0 Å². The summed E-state index contributed by atoms with van der Waals surface area (Å²) in [6.45, 7) is 5.77. The normalized spacial score (nSPS) is 18.6. The second-order valence-electron chi connectivity index (χ2n) is 6.42. The van der Waals surface area contributed by atoms with Gasteiger partial charge in [0.25, 0.3) is 0 Å².